The largest absolute Gasteiger partial charge is 0.507 e. The summed E-state index contributed by atoms with van der Waals surface area (Å²) in [4.78, 5) is 25.7. The van der Waals surface area contributed by atoms with Crippen molar-refractivity contribution in [1.29, 1.82) is 0 Å². The highest BCUT2D eigenvalue weighted by atomic mass is 16.3. The van der Waals surface area contributed by atoms with Gasteiger partial charge in [0.2, 0.25) is 0 Å². The lowest BCUT2D eigenvalue weighted by Gasteiger charge is -2.35. The molecular weight excluding hydrogens is 316 g/mol. The Morgan fingerprint density at radius 1 is 1.12 bits per heavy atom. The molecule has 0 bridgehead atoms. The van der Waals surface area contributed by atoms with Crippen LogP contribution in [0.1, 0.15) is 41.6 Å². The van der Waals surface area contributed by atoms with E-state index < -0.39 is 0 Å². The summed E-state index contributed by atoms with van der Waals surface area (Å²) in [6.45, 7) is 8.79. The summed E-state index contributed by atoms with van der Waals surface area (Å²) in [5.41, 5.74) is 1.32. The minimum atomic E-state index is -0.125. The summed E-state index contributed by atoms with van der Waals surface area (Å²) < 4.78 is 0. The van der Waals surface area contributed by atoms with E-state index in [0.717, 1.165) is 17.3 Å². The third kappa shape index (κ3) is 3.73. The Kier molecular flexibility index (Phi) is 4.88. The number of aromatic nitrogens is 2. The van der Waals surface area contributed by atoms with Crippen LogP contribution in [-0.4, -0.2) is 52.1 Å². The monoisotopic (exact) mass is 340 g/mol. The van der Waals surface area contributed by atoms with Gasteiger partial charge >= 0.3 is 0 Å². The van der Waals surface area contributed by atoms with Gasteiger partial charge in [0.25, 0.3) is 5.91 Å². The SMILES string of the molecule is Cc1cc(N2CCN(C(=O)c3ccccc3O)CC2)nc(C(C)C)n1. The first-order chi connectivity index (χ1) is 12.0. The molecule has 1 aromatic carbocycles. The van der Waals surface area contributed by atoms with Crippen molar-refractivity contribution in [3.63, 3.8) is 0 Å². The molecule has 132 valence electrons. The quantitative estimate of drug-likeness (QED) is 0.930. The van der Waals surface area contributed by atoms with Crippen molar-refractivity contribution in [1.82, 2.24) is 14.9 Å². The fourth-order valence-corrected chi connectivity index (χ4v) is 2.96. The molecule has 0 saturated carbocycles. The molecule has 2 aromatic rings. The van der Waals surface area contributed by atoms with Crippen molar-refractivity contribution < 1.29 is 9.90 Å². The Balaban J connectivity index is 1.70. The molecule has 2 heterocycles. The number of phenols is 1. The van der Waals surface area contributed by atoms with E-state index in [1.54, 1.807) is 29.2 Å². The van der Waals surface area contributed by atoms with Crippen molar-refractivity contribution in [2.45, 2.75) is 26.7 Å². The van der Waals surface area contributed by atoms with Crippen LogP contribution >= 0.6 is 0 Å². The van der Waals surface area contributed by atoms with E-state index in [1.807, 2.05) is 13.0 Å². The number of anilines is 1. The van der Waals surface area contributed by atoms with Gasteiger partial charge < -0.3 is 14.9 Å². The van der Waals surface area contributed by atoms with Gasteiger partial charge in [-0.3, -0.25) is 4.79 Å². The minimum absolute atomic E-state index is 0.0305. The molecule has 0 atom stereocenters. The van der Waals surface area contributed by atoms with Crippen molar-refractivity contribution in [3.8, 4) is 5.75 Å². The van der Waals surface area contributed by atoms with Crippen LogP contribution in [0.2, 0.25) is 0 Å². The van der Waals surface area contributed by atoms with Gasteiger partial charge in [0.1, 0.15) is 17.4 Å². The lowest BCUT2D eigenvalue weighted by Crippen LogP contribution is -2.49. The number of piperazine rings is 1. The first-order valence-corrected chi connectivity index (χ1v) is 8.63. The summed E-state index contributed by atoms with van der Waals surface area (Å²) in [5, 5.41) is 9.88. The fraction of sp³-hybridized carbons (Fsp3) is 0.421. The van der Waals surface area contributed by atoms with E-state index >= 15 is 0 Å². The van der Waals surface area contributed by atoms with Crippen molar-refractivity contribution in [2.75, 3.05) is 31.1 Å². The highest BCUT2D eigenvalue weighted by Gasteiger charge is 2.24. The maximum atomic E-state index is 12.6. The van der Waals surface area contributed by atoms with Gasteiger partial charge in [-0.05, 0) is 19.1 Å². The molecule has 1 N–H and O–H groups in total. The zero-order valence-electron chi connectivity index (χ0n) is 14.9. The number of hydrogen-bond donors (Lipinski definition) is 1. The smallest absolute Gasteiger partial charge is 0.257 e. The molecule has 1 aliphatic rings. The lowest BCUT2D eigenvalue weighted by molar-refractivity contribution is 0.0743. The summed E-state index contributed by atoms with van der Waals surface area (Å²) >= 11 is 0. The molecule has 3 rings (SSSR count). The van der Waals surface area contributed by atoms with Crippen molar-refractivity contribution in [2.24, 2.45) is 0 Å². The first-order valence-electron chi connectivity index (χ1n) is 8.63. The summed E-state index contributed by atoms with van der Waals surface area (Å²) in [5.74, 6) is 1.96. The predicted molar refractivity (Wildman–Crippen MR) is 97.1 cm³/mol. The molecule has 0 spiro atoms. The number of para-hydroxylation sites is 1. The van der Waals surface area contributed by atoms with Crippen molar-refractivity contribution in [3.05, 3.63) is 47.4 Å². The van der Waals surface area contributed by atoms with Crippen LogP contribution in [0, 0.1) is 6.92 Å². The van der Waals surface area contributed by atoms with E-state index in [1.165, 1.54) is 0 Å². The van der Waals surface area contributed by atoms with Crippen LogP contribution in [0.4, 0.5) is 5.82 Å². The molecule has 1 saturated heterocycles. The zero-order valence-corrected chi connectivity index (χ0v) is 14.9. The molecule has 1 amide bonds. The second-order valence-electron chi connectivity index (χ2n) is 6.68. The number of rotatable bonds is 3. The van der Waals surface area contributed by atoms with Gasteiger partial charge in [0.15, 0.2) is 0 Å². The van der Waals surface area contributed by atoms with Gasteiger partial charge in [-0.2, -0.15) is 0 Å². The molecule has 1 aromatic heterocycles. The number of phenolic OH excluding ortho intramolecular Hbond substituents is 1. The number of aromatic hydroxyl groups is 1. The van der Waals surface area contributed by atoms with Crippen LogP contribution in [0.3, 0.4) is 0 Å². The van der Waals surface area contributed by atoms with Gasteiger partial charge in [-0.1, -0.05) is 26.0 Å². The number of carbonyl (C=O) groups excluding carboxylic acids is 1. The summed E-state index contributed by atoms with van der Waals surface area (Å²) in [6.07, 6.45) is 0. The second kappa shape index (κ2) is 7.09. The third-order valence-corrected chi connectivity index (χ3v) is 4.40. The van der Waals surface area contributed by atoms with Crippen LogP contribution < -0.4 is 4.90 Å². The zero-order chi connectivity index (χ0) is 18.0. The predicted octanol–water partition coefficient (Wildman–Crippen LogP) is 2.58. The molecule has 25 heavy (non-hydrogen) atoms. The van der Waals surface area contributed by atoms with Gasteiger partial charge in [-0.25, -0.2) is 9.97 Å². The topological polar surface area (TPSA) is 69.6 Å². The van der Waals surface area contributed by atoms with Gasteiger partial charge in [0.05, 0.1) is 5.56 Å². The Bertz CT molecular complexity index is 768. The molecule has 1 fully saturated rings. The summed E-state index contributed by atoms with van der Waals surface area (Å²) in [6, 6.07) is 8.67. The Morgan fingerprint density at radius 3 is 2.44 bits per heavy atom. The number of amides is 1. The number of benzene rings is 1. The van der Waals surface area contributed by atoms with E-state index in [-0.39, 0.29) is 17.6 Å². The van der Waals surface area contributed by atoms with E-state index in [2.05, 4.69) is 28.7 Å². The van der Waals surface area contributed by atoms with E-state index in [9.17, 15) is 9.90 Å². The van der Waals surface area contributed by atoms with Gasteiger partial charge in [-0.15, -0.1) is 0 Å². The molecule has 6 nitrogen and oxygen atoms in total. The lowest BCUT2D eigenvalue weighted by atomic mass is 10.1. The third-order valence-electron chi connectivity index (χ3n) is 4.40. The molecule has 1 aliphatic heterocycles. The Labute approximate surface area is 148 Å². The van der Waals surface area contributed by atoms with E-state index in [0.29, 0.717) is 31.7 Å². The van der Waals surface area contributed by atoms with Gasteiger partial charge in [0, 0.05) is 43.9 Å². The van der Waals surface area contributed by atoms with Crippen LogP contribution in [0.15, 0.2) is 30.3 Å². The highest BCUT2D eigenvalue weighted by Crippen LogP contribution is 2.21. The molecule has 6 heteroatoms. The number of hydrogen-bond acceptors (Lipinski definition) is 5. The molecule has 0 radical (unpaired) electrons. The summed E-state index contributed by atoms with van der Waals surface area (Å²) in [7, 11) is 0. The maximum Gasteiger partial charge on any atom is 0.257 e. The highest BCUT2D eigenvalue weighted by molar-refractivity contribution is 5.96. The first kappa shape index (κ1) is 17.2. The Morgan fingerprint density at radius 2 is 1.80 bits per heavy atom. The molecular formula is C19H24N4O2. The molecule has 0 aliphatic carbocycles. The number of nitrogens with zero attached hydrogens (tertiary/aromatic N) is 4. The normalized spacial score (nSPS) is 14.9. The maximum absolute atomic E-state index is 12.6. The number of aryl methyl sites for hydroxylation is 1. The average molecular weight is 340 g/mol. The average Bonchev–Trinajstić information content (AvgIpc) is 2.61. The van der Waals surface area contributed by atoms with E-state index in [4.69, 9.17) is 0 Å². The molecule has 0 unspecified atom stereocenters. The minimum Gasteiger partial charge on any atom is -0.507 e. The van der Waals surface area contributed by atoms with Crippen molar-refractivity contribution >= 4 is 11.7 Å². The Hall–Kier alpha value is -2.63. The van der Waals surface area contributed by atoms with Crippen LogP contribution in [0.5, 0.6) is 5.75 Å². The van der Waals surface area contributed by atoms with Crippen LogP contribution in [0.25, 0.3) is 0 Å². The fourth-order valence-electron chi connectivity index (χ4n) is 2.96. The number of carbonyl (C=O) groups is 1. The van der Waals surface area contributed by atoms with Crippen LogP contribution in [-0.2, 0) is 0 Å². The second-order valence-corrected chi connectivity index (χ2v) is 6.68. The standard InChI is InChI=1S/C19H24N4O2/c1-13(2)18-20-14(3)12-17(21-18)22-8-10-23(11-9-22)19(25)15-6-4-5-7-16(15)24/h4-7,12-13,24H,8-11H2,1-3H3.